The van der Waals surface area contributed by atoms with Crippen LogP contribution in [-0.4, -0.2) is 55.8 Å². The topological polar surface area (TPSA) is 94.9 Å². The molecule has 0 radical (unpaired) electrons. The van der Waals surface area contributed by atoms with Crippen LogP contribution in [-0.2, 0) is 21.8 Å². The Morgan fingerprint density at radius 1 is 1.06 bits per heavy atom. The molecule has 0 aliphatic carbocycles. The number of Topliss-reactive ketones (excluding diaryl/α,β-unsaturated/α-hetero) is 1. The van der Waals surface area contributed by atoms with Gasteiger partial charge < -0.3 is 14.0 Å². The minimum absolute atomic E-state index is 0.0122. The molecule has 1 atom stereocenters. The second-order valence-electron chi connectivity index (χ2n) is 8.17. The van der Waals surface area contributed by atoms with Crippen molar-refractivity contribution >= 4 is 21.8 Å². The number of ether oxygens (including phenoxy) is 2. The molecule has 8 nitrogen and oxygen atoms in total. The Morgan fingerprint density at radius 2 is 1.62 bits per heavy atom. The van der Waals surface area contributed by atoms with Crippen LogP contribution in [0.2, 0.25) is 0 Å². The number of hydrogen-bond acceptors (Lipinski definition) is 6. The molecule has 0 amide bonds. The van der Waals surface area contributed by atoms with Gasteiger partial charge in [-0.25, -0.2) is 13.2 Å². The molecule has 1 aromatic carbocycles. The smallest absolute Gasteiger partial charge is 0.354 e. The Balaban J connectivity index is 2.55. The SMILES string of the molecule is COC(=O)c1c(C)c(C(=O)[C@@H](C)N(CC(C)C)S(=O)(=O)c2ccc(OC)cc2)c(C)n1C. The summed E-state index contributed by atoms with van der Waals surface area (Å²) >= 11 is 0. The summed E-state index contributed by atoms with van der Waals surface area (Å²) in [5, 5.41) is 0. The maximum absolute atomic E-state index is 13.6. The van der Waals surface area contributed by atoms with Crippen molar-refractivity contribution in [1.29, 1.82) is 0 Å². The Labute approximate surface area is 190 Å². The van der Waals surface area contributed by atoms with E-state index in [9.17, 15) is 18.0 Å². The molecule has 0 fully saturated rings. The molecule has 2 rings (SSSR count). The summed E-state index contributed by atoms with van der Waals surface area (Å²) in [5.74, 6) is -0.399. The lowest BCUT2D eigenvalue weighted by atomic mass is 10.0. The van der Waals surface area contributed by atoms with Crippen LogP contribution >= 0.6 is 0 Å². The van der Waals surface area contributed by atoms with E-state index in [-0.39, 0.29) is 28.8 Å². The van der Waals surface area contributed by atoms with E-state index >= 15 is 0 Å². The van der Waals surface area contributed by atoms with Crippen molar-refractivity contribution in [2.24, 2.45) is 13.0 Å². The second-order valence-corrected chi connectivity index (χ2v) is 10.1. The molecule has 1 heterocycles. The highest BCUT2D eigenvalue weighted by atomic mass is 32.2. The van der Waals surface area contributed by atoms with Crippen molar-refractivity contribution in [1.82, 2.24) is 8.87 Å². The molecule has 0 saturated heterocycles. The highest BCUT2D eigenvalue weighted by molar-refractivity contribution is 7.89. The number of ketones is 1. The zero-order valence-electron chi connectivity index (χ0n) is 19.9. The minimum atomic E-state index is -3.96. The fourth-order valence-corrected chi connectivity index (χ4v) is 5.53. The monoisotopic (exact) mass is 464 g/mol. The zero-order chi connectivity index (χ0) is 24.4. The number of carbonyl (C=O) groups excluding carboxylic acids is 2. The molecular weight excluding hydrogens is 432 g/mol. The first-order valence-electron chi connectivity index (χ1n) is 10.3. The number of carbonyl (C=O) groups is 2. The predicted molar refractivity (Wildman–Crippen MR) is 122 cm³/mol. The summed E-state index contributed by atoms with van der Waals surface area (Å²) in [7, 11) is 0.492. The number of esters is 1. The molecule has 0 N–H and O–H groups in total. The Kier molecular flexibility index (Phi) is 7.90. The largest absolute Gasteiger partial charge is 0.497 e. The number of sulfonamides is 1. The molecule has 0 bridgehead atoms. The van der Waals surface area contributed by atoms with E-state index in [4.69, 9.17) is 9.47 Å². The number of rotatable bonds is 9. The van der Waals surface area contributed by atoms with Gasteiger partial charge in [-0.2, -0.15) is 4.31 Å². The predicted octanol–water partition coefficient (Wildman–Crippen LogP) is 3.36. The molecule has 32 heavy (non-hydrogen) atoms. The Morgan fingerprint density at radius 3 is 2.09 bits per heavy atom. The molecule has 0 aliphatic heterocycles. The normalized spacial score (nSPS) is 12.8. The van der Waals surface area contributed by atoms with Crippen molar-refractivity contribution in [2.45, 2.75) is 45.6 Å². The maximum Gasteiger partial charge on any atom is 0.354 e. The van der Waals surface area contributed by atoms with E-state index in [0.29, 0.717) is 22.6 Å². The summed E-state index contributed by atoms with van der Waals surface area (Å²) in [5.41, 5.74) is 1.65. The van der Waals surface area contributed by atoms with Gasteiger partial charge in [0.15, 0.2) is 5.78 Å². The number of methoxy groups -OCH3 is 2. The number of benzene rings is 1. The summed E-state index contributed by atoms with van der Waals surface area (Å²) in [6.45, 7) is 8.92. The van der Waals surface area contributed by atoms with E-state index in [0.717, 1.165) is 0 Å². The molecule has 0 spiro atoms. The first kappa shape index (κ1) is 25.6. The lowest BCUT2D eigenvalue weighted by Crippen LogP contribution is -2.45. The quantitative estimate of drug-likeness (QED) is 0.417. The van der Waals surface area contributed by atoms with Crippen LogP contribution in [0.3, 0.4) is 0 Å². The lowest BCUT2D eigenvalue weighted by Gasteiger charge is -2.29. The number of aromatic nitrogens is 1. The lowest BCUT2D eigenvalue weighted by molar-refractivity contribution is 0.0588. The van der Waals surface area contributed by atoms with Crippen LogP contribution in [0.15, 0.2) is 29.2 Å². The fraction of sp³-hybridized carbons (Fsp3) is 0.478. The Bertz CT molecular complexity index is 1100. The fourth-order valence-electron chi connectivity index (χ4n) is 3.77. The van der Waals surface area contributed by atoms with Gasteiger partial charge in [-0.15, -0.1) is 0 Å². The highest BCUT2D eigenvalue weighted by Crippen LogP contribution is 2.28. The van der Waals surface area contributed by atoms with Crippen LogP contribution in [0.5, 0.6) is 5.75 Å². The van der Waals surface area contributed by atoms with Gasteiger partial charge in [-0.05, 0) is 56.5 Å². The van der Waals surface area contributed by atoms with Gasteiger partial charge in [0.1, 0.15) is 11.4 Å². The van der Waals surface area contributed by atoms with Crippen molar-refractivity contribution in [2.75, 3.05) is 20.8 Å². The van der Waals surface area contributed by atoms with Gasteiger partial charge in [0, 0.05) is 24.8 Å². The number of hydrogen-bond donors (Lipinski definition) is 0. The van der Waals surface area contributed by atoms with Gasteiger partial charge in [0.25, 0.3) is 0 Å². The third-order valence-corrected chi connectivity index (χ3v) is 7.53. The van der Waals surface area contributed by atoms with Gasteiger partial charge in [0.05, 0.1) is 25.2 Å². The summed E-state index contributed by atoms with van der Waals surface area (Å²) in [4.78, 5) is 25.9. The molecule has 0 saturated carbocycles. The second kappa shape index (κ2) is 9.87. The molecule has 2 aromatic rings. The minimum Gasteiger partial charge on any atom is -0.497 e. The average Bonchev–Trinajstić information content (AvgIpc) is 2.98. The van der Waals surface area contributed by atoms with Crippen molar-refractivity contribution < 1.29 is 27.5 Å². The van der Waals surface area contributed by atoms with E-state index in [2.05, 4.69) is 0 Å². The number of nitrogens with zero attached hydrogens (tertiary/aromatic N) is 2. The van der Waals surface area contributed by atoms with Crippen LogP contribution in [0.1, 0.15) is 52.9 Å². The van der Waals surface area contributed by atoms with Crippen LogP contribution < -0.4 is 4.74 Å². The Hall–Kier alpha value is -2.65. The summed E-state index contributed by atoms with van der Waals surface area (Å²) < 4.78 is 39.8. The van der Waals surface area contributed by atoms with Crippen LogP contribution in [0.4, 0.5) is 0 Å². The molecule has 1 aromatic heterocycles. The summed E-state index contributed by atoms with van der Waals surface area (Å²) in [6, 6.07) is 5.09. The van der Waals surface area contributed by atoms with Gasteiger partial charge in [-0.3, -0.25) is 4.79 Å². The van der Waals surface area contributed by atoms with E-state index in [1.54, 1.807) is 44.5 Å². The standard InChI is InChI=1S/C23H32N2O6S/c1-14(2)13-25(32(28,29)19-11-9-18(30-7)10-12-19)17(5)22(26)20-15(3)21(23(27)31-8)24(6)16(20)4/h9-12,14,17H,13H2,1-8H3/t17-/m1/s1. The molecule has 0 aliphatic rings. The first-order valence-corrected chi connectivity index (χ1v) is 11.8. The first-order chi connectivity index (χ1) is 14.9. The zero-order valence-corrected chi connectivity index (χ0v) is 20.7. The molecular formula is C23H32N2O6S. The van der Waals surface area contributed by atoms with Crippen LogP contribution in [0, 0.1) is 19.8 Å². The van der Waals surface area contributed by atoms with E-state index < -0.39 is 22.0 Å². The highest BCUT2D eigenvalue weighted by Gasteiger charge is 2.36. The van der Waals surface area contributed by atoms with E-state index in [1.165, 1.54) is 30.7 Å². The van der Waals surface area contributed by atoms with Gasteiger partial charge in [0.2, 0.25) is 10.0 Å². The van der Waals surface area contributed by atoms with Crippen molar-refractivity contribution in [3.63, 3.8) is 0 Å². The third kappa shape index (κ3) is 4.73. The van der Waals surface area contributed by atoms with Crippen LogP contribution in [0.25, 0.3) is 0 Å². The molecule has 176 valence electrons. The molecule has 9 heteroatoms. The maximum atomic E-state index is 13.6. The van der Waals surface area contributed by atoms with Crippen molar-refractivity contribution in [3.8, 4) is 5.75 Å². The third-order valence-electron chi connectivity index (χ3n) is 5.58. The van der Waals surface area contributed by atoms with Gasteiger partial charge >= 0.3 is 5.97 Å². The average molecular weight is 465 g/mol. The van der Waals surface area contributed by atoms with E-state index in [1.807, 2.05) is 13.8 Å². The molecule has 0 unspecified atom stereocenters. The van der Waals surface area contributed by atoms with Crippen molar-refractivity contribution in [3.05, 3.63) is 46.8 Å². The van der Waals surface area contributed by atoms with Gasteiger partial charge in [-0.1, -0.05) is 13.8 Å². The summed E-state index contributed by atoms with van der Waals surface area (Å²) in [6.07, 6.45) is 0.